The molecule has 1 unspecified atom stereocenters. The maximum Gasteiger partial charge on any atom is 0.0963 e. The van der Waals surface area contributed by atoms with E-state index in [0.29, 0.717) is 6.10 Å². The molecule has 0 spiro atoms. The van der Waals surface area contributed by atoms with Crippen molar-refractivity contribution in [3.8, 4) is 0 Å². The first-order valence-electron chi connectivity index (χ1n) is 4.37. The predicted molar refractivity (Wildman–Crippen MR) is 55.6 cm³/mol. The van der Waals surface area contributed by atoms with Gasteiger partial charge in [-0.25, -0.2) is 0 Å². The van der Waals surface area contributed by atoms with E-state index >= 15 is 0 Å². The zero-order valence-corrected chi connectivity index (χ0v) is 8.83. The molecule has 0 aromatic heterocycles. The van der Waals surface area contributed by atoms with Crippen LogP contribution in [0.15, 0.2) is 28.7 Å². The van der Waals surface area contributed by atoms with Gasteiger partial charge in [-0.3, -0.25) is 0 Å². The summed E-state index contributed by atoms with van der Waals surface area (Å²) >= 11 is 3.43. The van der Waals surface area contributed by atoms with Crippen LogP contribution in [0, 0.1) is 0 Å². The lowest BCUT2D eigenvalue weighted by Crippen LogP contribution is -2.28. The second kappa shape index (κ2) is 3.78. The monoisotopic (exact) mass is 241 g/mol. The van der Waals surface area contributed by atoms with Crippen LogP contribution in [0.1, 0.15) is 5.56 Å². The van der Waals surface area contributed by atoms with Crippen LogP contribution in [0.4, 0.5) is 0 Å². The summed E-state index contributed by atoms with van der Waals surface area (Å²) in [5.74, 6) is 0. The number of hydrogen-bond acceptors (Lipinski definition) is 2. The Balaban J connectivity index is 2.00. The van der Waals surface area contributed by atoms with Crippen LogP contribution < -0.4 is 5.73 Å². The highest BCUT2D eigenvalue weighted by Gasteiger charge is 2.29. The second-order valence-corrected chi connectivity index (χ2v) is 4.29. The van der Waals surface area contributed by atoms with Gasteiger partial charge in [0.15, 0.2) is 0 Å². The van der Waals surface area contributed by atoms with Crippen LogP contribution in [0.25, 0.3) is 0 Å². The molecular weight excluding hydrogens is 230 g/mol. The fourth-order valence-corrected chi connectivity index (χ4v) is 1.82. The van der Waals surface area contributed by atoms with E-state index in [1.165, 1.54) is 5.56 Å². The lowest BCUT2D eigenvalue weighted by atomic mass is 10.0. The van der Waals surface area contributed by atoms with Crippen LogP contribution in [0.5, 0.6) is 0 Å². The third kappa shape index (κ3) is 2.53. The molecule has 2 atom stereocenters. The van der Waals surface area contributed by atoms with Crippen molar-refractivity contribution in [3.63, 3.8) is 0 Å². The Morgan fingerprint density at radius 3 is 3.00 bits per heavy atom. The van der Waals surface area contributed by atoms with Crippen molar-refractivity contribution in [1.29, 1.82) is 0 Å². The Hall–Kier alpha value is -0.380. The van der Waals surface area contributed by atoms with Crippen LogP contribution in [0.2, 0.25) is 0 Å². The summed E-state index contributed by atoms with van der Waals surface area (Å²) < 4.78 is 6.24. The van der Waals surface area contributed by atoms with Crippen molar-refractivity contribution in [2.24, 2.45) is 5.73 Å². The highest BCUT2D eigenvalue weighted by Crippen LogP contribution is 2.18. The fraction of sp³-hybridized carbons (Fsp3) is 0.400. The van der Waals surface area contributed by atoms with Gasteiger partial charge in [-0.2, -0.15) is 0 Å². The minimum atomic E-state index is 0.147. The SMILES string of the molecule is N[C@H](Cc1cccc(Br)c1)C1CO1. The molecule has 2 rings (SSSR count). The first kappa shape index (κ1) is 9.19. The number of hydrogen-bond donors (Lipinski definition) is 1. The van der Waals surface area contributed by atoms with Crippen LogP contribution >= 0.6 is 15.9 Å². The quantitative estimate of drug-likeness (QED) is 0.819. The predicted octanol–water partition coefficient (Wildman–Crippen LogP) is 1.72. The van der Waals surface area contributed by atoms with E-state index in [1.54, 1.807) is 0 Å². The van der Waals surface area contributed by atoms with E-state index in [2.05, 4.69) is 28.1 Å². The van der Waals surface area contributed by atoms with Gasteiger partial charge in [0.25, 0.3) is 0 Å². The highest BCUT2D eigenvalue weighted by atomic mass is 79.9. The minimum absolute atomic E-state index is 0.147. The molecule has 1 aromatic rings. The largest absolute Gasteiger partial charge is 0.371 e. The van der Waals surface area contributed by atoms with Gasteiger partial charge in [-0.05, 0) is 24.1 Å². The summed E-state index contributed by atoms with van der Waals surface area (Å²) in [4.78, 5) is 0. The Labute approximate surface area is 86.2 Å². The molecule has 0 radical (unpaired) electrons. The number of rotatable bonds is 3. The van der Waals surface area contributed by atoms with Crippen molar-refractivity contribution >= 4 is 15.9 Å². The standard InChI is InChI=1S/C10H12BrNO/c11-8-3-1-2-7(4-8)5-9(12)10-6-13-10/h1-4,9-10H,5-6,12H2/t9-,10?/m1/s1. The summed E-state index contributed by atoms with van der Waals surface area (Å²) in [5, 5.41) is 0. The molecular formula is C10H12BrNO. The average molecular weight is 242 g/mol. The Morgan fingerprint density at radius 2 is 2.38 bits per heavy atom. The molecule has 70 valence electrons. The topological polar surface area (TPSA) is 38.5 Å². The van der Waals surface area contributed by atoms with Gasteiger partial charge >= 0.3 is 0 Å². The van der Waals surface area contributed by atoms with E-state index in [4.69, 9.17) is 10.5 Å². The summed E-state index contributed by atoms with van der Waals surface area (Å²) in [6, 6.07) is 8.38. The zero-order valence-electron chi connectivity index (χ0n) is 7.24. The molecule has 0 amide bonds. The molecule has 3 heteroatoms. The van der Waals surface area contributed by atoms with Gasteiger partial charge in [0.2, 0.25) is 0 Å². The van der Waals surface area contributed by atoms with Gasteiger partial charge in [0.1, 0.15) is 0 Å². The van der Waals surface area contributed by atoms with Crippen molar-refractivity contribution in [2.45, 2.75) is 18.6 Å². The Bertz CT molecular complexity index is 299. The third-order valence-corrected chi connectivity index (χ3v) is 2.69. The van der Waals surface area contributed by atoms with Gasteiger partial charge in [-0.15, -0.1) is 0 Å². The summed E-state index contributed by atoms with van der Waals surface area (Å²) in [6.07, 6.45) is 1.18. The summed E-state index contributed by atoms with van der Waals surface area (Å²) in [7, 11) is 0. The molecule has 0 aliphatic carbocycles. The molecule has 13 heavy (non-hydrogen) atoms. The van der Waals surface area contributed by atoms with Crippen LogP contribution in [-0.4, -0.2) is 18.8 Å². The molecule has 2 N–H and O–H groups in total. The molecule has 2 nitrogen and oxygen atoms in total. The third-order valence-electron chi connectivity index (χ3n) is 2.20. The number of benzene rings is 1. The van der Waals surface area contributed by atoms with Gasteiger partial charge in [0, 0.05) is 10.5 Å². The molecule has 1 saturated heterocycles. The Morgan fingerprint density at radius 1 is 1.62 bits per heavy atom. The van der Waals surface area contributed by atoms with Gasteiger partial charge < -0.3 is 10.5 Å². The zero-order chi connectivity index (χ0) is 9.26. The number of ether oxygens (including phenoxy) is 1. The van der Waals surface area contributed by atoms with E-state index < -0.39 is 0 Å². The van der Waals surface area contributed by atoms with Crippen molar-refractivity contribution in [3.05, 3.63) is 34.3 Å². The maximum atomic E-state index is 5.92. The van der Waals surface area contributed by atoms with Gasteiger partial charge in [-0.1, -0.05) is 28.1 Å². The minimum Gasteiger partial charge on any atom is -0.371 e. The van der Waals surface area contributed by atoms with E-state index in [-0.39, 0.29) is 6.04 Å². The first-order chi connectivity index (χ1) is 6.25. The summed E-state index contributed by atoms with van der Waals surface area (Å²) in [5.41, 5.74) is 7.18. The van der Waals surface area contributed by atoms with Crippen molar-refractivity contribution < 1.29 is 4.74 Å². The lowest BCUT2D eigenvalue weighted by Gasteiger charge is -2.07. The smallest absolute Gasteiger partial charge is 0.0963 e. The number of nitrogens with two attached hydrogens (primary N) is 1. The van der Waals surface area contributed by atoms with E-state index in [9.17, 15) is 0 Å². The number of halogens is 1. The molecule has 0 bridgehead atoms. The van der Waals surface area contributed by atoms with Gasteiger partial charge in [0.05, 0.1) is 12.7 Å². The molecule has 1 heterocycles. The molecule has 1 aromatic carbocycles. The fourth-order valence-electron chi connectivity index (χ4n) is 1.37. The average Bonchev–Trinajstić information content (AvgIpc) is 2.85. The second-order valence-electron chi connectivity index (χ2n) is 3.37. The highest BCUT2D eigenvalue weighted by molar-refractivity contribution is 9.10. The van der Waals surface area contributed by atoms with Crippen LogP contribution in [-0.2, 0) is 11.2 Å². The van der Waals surface area contributed by atoms with Crippen molar-refractivity contribution in [2.75, 3.05) is 6.61 Å². The van der Waals surface area contributed by atoms with E-state index in [0.717, 1.165) is 17.5 Å². The summed E-state index contributed by atoms with van der Waals surface area (Å²) in [6.45, 7) is 0.829. The van der Waals surface area contributed by atoms with Crippen molar-refractivity contribution in [1.82, 2.24) is 0 Å². The first-order valence-corrected chi connectivity index (χ1v) is 5.16. The van der Waals surface area contributed by atoms with Crippen LogP contribution in [0.3, 0.4) is 0 Å². The Kier molecular flexibility index (Phi) is 2.67. The number of epoxide rings is 1. The molecule has 1 fully saturated rings. The maximum absolute atomic E-state index is 5.92. The van der Waals surface area contributed by atoms with E-state index in [1.807, 2.05) is 12.1 Å². The molecule has 0 saturated carbocycles. The molecule has 1 aliphatic rings. The molecule has 1 aliphatic heterocycles. The lowest BCUT2D eigenvalue weighted by molar-refractivity contribution is 0.371. The normalized spacial score (nSPS) is 22.8.